The molecule has 0 spiro atoms. The van der Waals surface area contributed by atoms with Crippen molar-refractivity contribution in [2.75, 3.05) is 0 Å². The van der Waals surface area contributed by atoms with Gasteiger partial charge in [0.05, 0.1) is 16.3 Å². The van der Waals surface area contributed by atoms with E-state index in [0.717, 1.165) is 10.7 Å². The van der Waals surface area contributed by atoms with E-state index in [1.54, 1.807) is 43.6 Å². The summed E-state index contributed by atoms with van der Waals surface area (Å²) in [6.45, 7) is 1.76. The lowest BCUT2D eigenvalue weighted by molar-refractivity contribution is -0.141. The first-order valence-corrected chi connectivity index (χ1v) is 10.8. The van der Waals surface area contributed by atoms with E-state index in [1.807, 2.05) is 0 Å². The highest BCUT2D eigenvalue weighted by Gasteiger charge is 2.35. The normalized spacial score (nSPS) is 12.2. The molecule has 32 heavy (non-hydrogen) atoms. The van der Waals surface area contributed by atoms with Crippen molar-refractivity contribution in [2.24, 2.45) is 5.14 Å². The zero-order valence-electron chi connectivity index (χ0n) is 16.6. The van der Waals surface area contributed by atoms with Crippen molar-refractivity contribution in [2.45, 2.75) is 18.0 Å². The Bertz CT molecular complexity index is 1380. The molecule has 4 rings (SSSR count). The summed E-state index contributed by atoms with van der Waals surface area (Å²) in [5.74, 6) is 0.424. The van der Waals surface area contributed by atoms with Crippen molar-refractivity contribution in [3.63, 3.8) is 0 Å². The van der Waals surface area contributed by atoms with E-state index in [9.17, 15) is 21.6 Å². The maximum atomic E-state index is 13.5. The largest absolute Gasteiger partial charge is 0.435 e. The molecule has 0 fully saturated rings. The Morgan fingerprint density at radius 1 is 0.969 bits per heavy atom. The predicted molar refractivity (Wildman–Crippen MR) is 111 cm³/mol. The van der Waals surface area contributed by atoms with Gasteiger partial charge in [-0.3, -0.25) is 0 Å². The van der Waals surface area contributed by atoms with Gasteiger partial charge in [-0.05, 0) is 55.0 Å². The summed E-state index contributed by atoms with van der Waals surface area (Å²) in [5.41, 5.74) is 1.16. The Morgan fingerprint density at radius 3 is 2.22 bits per heavy atom. The predicted octanol–water partition coefficient (Wildman–Crippen LogP) is 3.97. The van der Waals surface area contributed by atoms with Crippen LogP contribution in [0.1, 0.15) is 11.3 Å². The standard InChI is InChI=1S/C21H16F3N5O2S/c1-13-3-4-14(20-26-9-2-10-27-20)11-17(13)18-12-19(21(22,23)24)28-29(18)15-5-7-16(8-6-15)32(25,30)31/h2-12H,1H3,(H2,25,30,31). The number of benzene rings is 2. The second-order valence-corrected chi connectivity index (χ2v) is 8.53. The number of alkyl halides is 3. The molecule has 0 aliphatic rings. The lowest BCUT2D eigenvalue weighted by atomic mass is 10.0. The molecule has 0 saturated heterocycles. The minimum atomic E-state index is -4.67. The molecular formula is C21H16F3N5O2S. The molecular weight excluding hydrogens is 443 g/mol. The zero-order chi connectivity index (χ0) is 23.1. The number of nitrogens with two attached hydrogens (primary N) is 1. The molecule has 0 aliphatic heterocycles. The van der Waals surface area contributed by atoms with Crippen molar-refractivity contribution in [1.29, 1.82) is 0 Å². The number of halogens is 3. The van der Waals surface area contributed by atoms with Crippen LogP contribution in [0.5, 0.6) is 0 Å². The van der Waals surface area contributed by atoms with Crippen molar-refractivity contribution < 1.29 is 21.6 Å². The number of aromatic nitrogens is 4. The highest BCUT2D eigenvalue weighted by Crippen LogP contribution is 2.35. The van der Waals surface area contributed by atoms with Crippen LogP contribution in [0.15, 0.2) is 71.9 Å². The van der Waals surface area contributed by atoms with Crippen molar-refractivity contribution >= 4 is 10.0 Å². The number of sulfonamides is 1. The van der Waals surface area contributed by atoms with Crippen LogP contribution in [0, 0.1) is 6.92 Å². The Labute approximate surface area is 181 Å². The van der Waals surface area contributed by atoms with Crippen LogP contribution in [-0.2, 0) is 16.2 Å². The summed E-state index contributed by atoms with van der Waals surface area (Å²) in [5, 5.41) is 8.85. The van der Waals surface area contributed by atoms with Crippen LogP contribution in [0.2, 0.25) is 0 Å². The molecule has 0 saturated carbocycles. The number of aryl methyl sites for hydroxylation is 1. The maximum absolute atomic E-state index is 13.5. The second kappa shape index (κ2) is 7.84. The van der Waals surface area contributed by atoms with E-state index in [0.29, 0.717) is 22.5 Å². The van der Waals surface area contributed by atoms with Crippen molar-refractivity contribution in [3.05, 3.63) is 78.2 Å². The summed E-state index contributed by atoms with van der Waals surface area (Å²) in [6, 6.07) is 13.0. The number of hydrogen-bond donors (Lipinski definition) is 1. The van der Waals surface area contributed by atoms with Gasteiger partial charge in [0.2, 0.25) is 10.0 Å². The smallest absolute Gasteiger partial charge is 0.237 e. The van der Waals surface area contributed by atoms with Crippen molar-refractivity contribution in [3.8, 4) is 28.3 Å². The minimum Gasteiger partial charge on any atom is -0.237 e. The first kappa shape index (κ1) is 21.7. The average Bonchev–Trinajstić information content (AvgIpc) is 3.20. The van der Waals surface area contributed by atoms with Gasteiger partial charge in [0.15, 0.2) is 11.5 Å². The van der Waals surface area contributed by atoms with Crippen LogP contribution in [0.25, 0.3) is 28.3 Å². The summed E-state index contributed by atoms with van der Waals surface area (Å²) in [4.78, 5) is 8.22. The van der Waals surface area contributed by atoms with E-state index in [4.69, 9.17) is 5.14 Å². The summed E-state index contributed by atoms with van der Waals surface area (Å²) in [6.07, 6.45) is -1.53. The summed E-state index contributed by atoms with van der Waals surface area (Å²) >= 11 is 0. The molecule has 164 valence electrons. The van der Waals surface area contributed by atoms with Gasteiger partial charge in [-0.2, -0.15) is 18.3 Å². The van der Waals surface area contributed by atoms with E-state index >= 15 is 0 Å². The molecule has 2 aromatic heterocycles. The molecule has 2 heterocycles. The van der Waals surface area contributed by atoms with Gasteiger partial charge in [0, 0.05) is 23.5 Å². The van der Waals surface area contributed by atoms with Crippen LogP contribution in [0.4, 0.5) is 13.2 Å². The third-order valence-electron chi connectivity index (χ3n) is 4.75. The quantitative estimate of drug-likeness (QED) is 0.497. The van der Waals surface area contributed by atoms with Crippen LogP contribution in [0.3, 0.4) is 0 Å². The molecule has 0 atom stereocenters. The maximum Gasteiger partial charge on any atom is 0.435 e. The van der Waals surface area contributed by atoms with Gasteiger partial charge in [-0.15, -0.1) is 0 Å². The number of rotatable bonds is 4. The first-order valence-electron chi connectivity index (χ1n) is 9.23. The first-order chi connectivity index (χ1) is 15.0. The molecule has 11 heteroatoms. The van der Waals surface area contributed by atoms with Crippen LogP contribution in [-0.4, -0.2) is 28.2 Å². The van der Waals surface area contributed by atoms with Crippen LogP contribution < -0.4 is 5.14 Å². The lowest BCUT2D eigenvalue weighted by Gasteiger charge is -2.12. The lowest BCUT2D eigenvalue weighted by Crippen LogP contribution is -2.12. The minimum absolute atomic E-state index is 0.162. The third-order valence-corrected chi connectivity index (χ3v) is 5.68. The fourth-order valence-electron chi connectivity index (χ4n) is 3.17. The molecule has 0 amide bonds. The van der Waals surface area contributed by atoms with E-state index < -0.39 is 21.9 Å². The Kier molecular flexibility index (Phi) is 5.31. The fraction of sp³-hybridized carbons (Fsp3) is 0.0952. The van der Waals surface area contributed by atoms with E-state index in [1.165, 1.54) is 24.3 Å². The van der Waals surface area contributed by atoms with Gasteiger partial charge in [-0.25, -0.2) is 28.2 Å². The molecule has 0 bridgehead atoms. The van der Waals surface area contributed by atoms with Crippen LogP contribution >= 0.6 is 0 Å². The Morgan fingerprint density at radius 2 is 1.62 bits per heavy atom. The monoisotopic (exact) mass is 459 g/mol. The highest BCUT2D eigenvalue weighted by atomic mass is 32.2. The Hall–Kier alpha value is -3.57. The molecule has 2 aromatic carbocycles. The number of nitrogens with zero attached hydrogens (tertiary/aromatic N) is 4. The number of primary sulfonamides is 1. The molecule has 0 aliphatic carbocycles. The fourth-order valence-corrected chi connectivity index (χ4v) is 3.69. The third kappa shape index (κ3) is 4.25. The highest BCUT2D eigenvalue weighted by molar-refractivity contribution is 7.89. The van der Waals surface area contributed by atoms with Gasteiger partial charge >= 0.3 is 6.18 Å². The van der Waals surface area contributed by atoms with Gasteiger partial charge in [0.1, 0.15) is 0 Å². The van der Waals surface area contributed by atoms with Crippen molar-refractivity contribution in [1.82, 2.24) is 19.7 Å². The van der Waals surface area contributed by atoms with Gasteiger partial charge < -0.3 is 0 Å². The average molecular weight is 459 g/mol. The second-order valence-electron chi connectivity index (χ2n) is 6.97. The topological polar surface area (TPSA) is 104 Å². The zero-order valence-corrected chi connectivity index (χ0v) is 17.4. The molecule has 2 N–H and O–H groups in total. The van der Waals surface area contributed by atoms with Gasteiger partial charge in [-0.1, -0.05) is 12.1 Å². The Balaban J connectivity index is 1.91. The molecule has 0 radical (unpaired) electrons. The molecule has 4 aromatic rings. The SMILES string of the molecule is Cc1ccc(-c2ncccn2)cc1-c1cc(C(F)(F)F)nn1-c1ccc(S(N)(=O)=O)cc1. The van der Waals surface area contributed by atoms with Gasteiger partial charge in [0.25, 0.3) is 0 Å². The number of hydrogen-bond acceptors (Lipinski definition) is 5. The summed E-state index contributed by atoms with van der Waals surface area (Å²) < 4.78 is 64.6. The summed E-state index contributed by atoms with van der Waals surface area (Å²) in [7, 11) is -3.95. The molecule has 0 unspecified atom stereocenters. The van der Waals surface area contributed by atoms with E-state index in [-0.39, 0.29) is 16.3 Å². The molecule has 7 nitrogen and oxygen atoms in total. The van der Waals surface area contributed by atoms with E-state index in [2.05, 4.69) is 15.1 Å².